The van der Waals surface area contributed by atoms with Crippen molar-refractivity contribution in [2.24, 2.45) is 0 Å². The number of carbonyl (C=O) groups excluding carboxylic acids is 1. The van der Waals surface area contributed by atoms with Crippen LogP contribution in [0.15, 0.2) is 48.8 Å². The van der Waals surface area contributed by atoms with E-state index in [4.69, 9.17) is 4.74 Å². The fourth-order valence-electron chi connectivity index (χ4n) is 3.62. The van der Waals surface area contributed by atoms with Crippen LogP contribution in [0.1, 0.15) is 29.3 Å². The van der Waals surface area contributed by atoms with Crippen molar-refractivity contribution in [3.63, 3.8) is 0 Å². The van der Waals surface area contributed by atoms with E-state index in [1.165, 1.54) is 12.1 Å². The van der Waals surface area contributed by atoms with E-state index in [0.717, 1.165) is 29.9 Å². The van der Waals surface area contributed by atoms with E-state index in [-0.39, 0.29) is 30.7 Å². The Hall–Kier alpha value is -3.30. The van der Waals surface area contributed by atoms with E-state index in [0.29, 0.717) is 19.5 Å². The summed E-state index contributed by atoms with van der Waals surface area (Å²) in [6, 6.07) is 8.54. The number of aromatic nitrogens is 4. The topological polar surface area (TPSA) is 76.0 Å². The molecule has 1 aromatic carbocycles. The smallest absolute Gasteiger partial charge is 0.416 e. The van der Waals surface area contributed by atoms with Gasteiger partial charge in [-0.15, -0.1) is 0 Å². The lowest BCUT2D eigenvalue weighted by molar-refractivity contribution is -0.137. The first-order chi connectivity index (χ1) is 14.9. The first-order valence-electron chi connectivity index (χ1n) is 9.98. The van der Waals surface area contributed by atoms with Gasteiger partial charge < -0.3 is 9.64 Å². The monoisotopic (exact) mass is 433 g/mol. The SMILES string of the molecule is O=C(Cn1cccn1)N1CC[C@@H](c2cc(CCOc3cccc(C(F)(F)F)c3)[nH]n2)C1. The fourth-order valence-corrected chi connectivity index (χ4v) is 3.62. The molecule has 3 heterocycles. The van der Waals surface area contributed by atoms with E-state index in [2.05, 4.69) is 15.3 Å². The van der Waals surface area contributed by atoms with Crippen LogP contribution in [0.2, 0.25) is 0 Å². The van der Waals surface area contributed by atoms with Gasteiger partial charge in [-0.25, -0.2) is 0 Å². The zero-order chi connectivity index (χ0) is 21.8. The summed E-state index contributed by atoms with van der Waals surface area (Å²) in [7, 11) is 0. The van der Waals surface area contributed by atoms with Gasteiger partial charge in [0.25, 0.3) is 0 Å². The van der Waals surface area contributed by atoms with Crippen LogP contribution < -0.4 is 4.74 Å². The van der Waals surface area contributed by atoms with E-state index >= 15 is 0 Å². The molecule has 1 atom stereocenters. The van der Waals surface area contributed by atoms with Gasteiger partial charge in [-0.05, 0) is 36.8 Å². The van der Waals surface area contributed by atoms with Crippen molar-refractivity contribution in [1.82, 2.24) is 24.9 Å². The molecule has 3 aromatic rings. The zero-order valence-electron chi connectivity index (χ0n) is 16.7. The van der Waals surface area contributed by atoms with Crippen molar-refractivity contribution in [2.45, 2.75) is 31.5 Å². The van der Waals surface area contributed by atoms with Gasteiger partial charge in [0.05, 0.1) is 17.9 Å². The van der Waals surface area contributed by atoms with Crippen molar-refractivity contribution in [3.8, 4) is 5.75 Å². The summed E-state index contributed by atoms with van der Waals surface area (Å²) in [6.45, 7) is 1.72. The van der Waals surface area contributed by atoms with Gasteiger partial charge in [0, 0.05) is 43.5 Å². The Morgan fingerprint density at radius 3 is 2.90 bits per heavy atom. The number of aromatic amines is 1. The lowest BCUT2D eigenvalue weighted by Gasteiger charge is -2.16. The van der Waals surface area contributed by atoms with Crippen LogP contribution in [0.3, 0.4) is 0 Å². The Morgan fingerprint density at radius 1 is 1.26 bits per heavy atom. The van der Waals surface area contributed by atoms with Crippen LogP contribution >= 0.6 is 0 Å². The minimum atomic E-state index is -4.40. The van der Waals surface area contributed by atoms with Crippen LogP contribution in [0.4, 0.5) is 13.2 Å². The van der Waals surface area contributed by atoms with E-state index in [1.807, 2.05) is 11.0 Å². The van der Waals surface area contributed by atoms with Gasteiger partial charge >= 0.3 is 6.18 Å². The molecule has 0 bridgehead atoms. The van der Waals surface area contributed by atoms with Crippen LogP contribution in [0.25, 0.3) is 0 Å². The lowest BCUT2D eigenvalue weighted by atomic mass is 10.0. The van der Waals surface area contributed by atoms with E-state index < -0.39 is 11.7 Å². The summed E-state index contributed by atoms with van der Waals surface area (Å²) in [6.07, 6.45) is 0.315. The molecule has 1 amide bonds. The summed E-state index contributed by atoms with van der Waals surface area (Å²) in [5, 5.41) is 11.4. The normalized spacial score (nSPS) is 16.6. The molecule has 0 spiro atoms. The van der Waals surface area contributed by atoms with Crippen molar-refractivity contribution in [3.05, 3.63) is 65.7 Å². The van der Waals surface area contributed by atoms with Gasteiger partial charge in [0.15, 0.2) is 0 Å². The molecular weight excluding hydrogens is 411 g/mol. The molecule has 7 nitrogen and oxygen atoms in total. The summed E-state index contributed by atoms with van der Waals surface area (Å²) >= 11 is 0. The Kier molecular flexibility index (Phi) is 5.97. The number of nitrogens with one attached hydrogen (secondary N) is 1. The number of hydrogen-bond acceptors (Lipinski definition) is 4. The maximum atomic E-state index is 12.8. The maximum absolute atomic E-state index is 12.8. The Morgan fingerprint density at radius 2 is 2.13 bits per heavy atom. The van der Waals surface area contributed by atoms with Gasteiger partial charge in [-0.2, -0.15) is 23.4 Å². The largest absolute Gasteiger partial charge is 0.493 e. The number of alkyl halides is 3. The molecule has 10 heteroatoms. The molecule has 31 heavy (non-hydrogen) atoms. The van der Waals surface area contributed by atoms with Crippen LogP contribution in [-0.4, -0.2) is 50.5 Å². The number of benzene rings is 1. The first kappa shape index (κ1) is 21.0. The summed E-state index contributed by atoms with van der Waals surface area (Å²) in [5.74, 6) is 0.351. The van der Waals surface area contributed by atoms with Crippen LogP contribution in [0.5, 0.6) is 5.75 Å². The van der Waals surface area contributed by atoms with Gasteiger partial charge in [0.2, 0.25) is 5.91 Å². The highest BCUT2D eigenvalue weighted by atomic mass is 19.4. The van der Waals surface area contributed by atoms with Crippen LogP contribution in [0, 0.1) is 0 Å². The number of rotatable bonds is 7. The van der Waals surface area contributed by atoms with Crippen molar-refractivity contribution in [2.75, 3.05) is 19.7 Å². The second kappa shape index (κ2) is 8.83. The molecule has 0 aliphatic carbocycles. The Balaban J connectivity index is 1.27. The van der Waals surface area contributed by atoms with Crippen LogP contribution in [-0.2, 0) is 23.9 Å². The molecule has 0 saturated carbocycles. The van der Waals surface area contributed by atoms with Gasteiger partial charge in [0.1, 0.15) is 12.3 Å². The molecule has 1 N–H and O–H groups in total. The highest BCUT2D eigenvalue weighted by Crippen LogP contribution is 2.31. The number of nitrogens with zero attached hydrogens (tertiary/aromatic N) is 4. The second-order valence-corrected chi connectivity index (χ2v) is 7.47. The molecule has 164 valence electrons. The first-order valence-corrected chi connectivity index (χ1v) is 9.98. The second-order valence-electron chi connectivity index (χ2n) is 7.47. The number of hydrogen-bond donors (Lipinski definition) is 1. The van der Waals surface area contributed by atoms with Crippen molar-refractivity contribution in [1.29, 1.82) is 0 Å². The third kappa shape index (κ3) is 5.25. The van der Waals surface area contributed by atoms with Crippen molar-refractivity contribution >= 4 is 5.91 Å². The quantitative estimate of drug-likeness (QED) is 0.621. The van der Waals surface area contributed by atoms with Gasteiger partial charge in [-0.1, -0.05) is 6.07 Å². The third-order valence-electron chi connectivity index (χ3n) is 5.27. The molecular formula is C21H22F3N5O2. The molecule has 1 fully saturated rings. The molecule has 1 aliphatic rings. The summed E-state index contributed by atoms with van der Waals surface area (Å²) in [5.41, 5.74) is 0.980. The number of halogens is 3. The third-order valence-corrected chi connectivity index (χ3v) is 5.27. The number of likely N-dealkylation sites (tertiary alicyclic amines) is 1. The van der Waals surface area contributed by atoms with E-state index in [9.17, 15) is 18.0 Å². The number of H-pyrrole nitrogens is 1. The highest BCUT2D eigenvalue weighted by molar-refractivity contribution is 5.76. The highest BCUT2D eigenvalue weighted by Gasteiger charge is 2.31. The van der Waals surface area contributed by atoms with E-state index in [1.54, 1.807) is 23.1 Å². The summed E-state index contributed by atoms with van der Waals surface area (Å²) in [4.78, 5) is 14.2. The minimum Gasteiger partial charge on any atom is -0.493 e. The molecule has 1 saturated heterocycles. The number of amides is 1. The zero-order valence-corrected chi connectivity index (χ0v) is 16.7. The lowest BCUT2D eigenvalue weighted by Crippen LogP contribution is -2.31. The average molecular weight is 433 g/mol. The predicted molar refractivity (Wildman–Crippen MR) is 105 cm³/mol. The Bertz CT molecular complexity index is 1020. The van der Waals surface area contributed by atoms with Crippen molar-refractivity contribution < 1.29 is 22.7 Å². The molecule has 0 unspecified atom stereocenters. The minimum absolute atomic E-state index is 0.0245. The molecule has 4 rings (SSSR count). The molecule has 2 aromatic heterocycles. The molecule has 1 aliphatic heterocycles. The average Bonchev–Trinajstić information content (AvgIpc) is 3.49. The number of ether oxygens (including phenoxy) is 1. The Labute approximate surface area is 176 Å². The fraction of sp³-hybridized carbons (Fsp3) is 0.381. The summed E-state index contributed by atoms with van der Waals surface area (Å²) < 4.78 is 45.4. The maximum Gasteiger partial charge on any atom is 0.416 e. The van der Waals surface area contributed by atoms with Gasteiger partial charge in [-0.3, -0.25) is 14.6 Å². The molecule has 0 radical (unpaired) electrons. The predicted octanol–water partition coefficient (Wildman–Crippen LogP) is 3.26. The standard InChI is InChI=1S/C21H22F3N5O2/c22-21(23,24)16-3-1-4-18(11-16)31-10-6-17-12-19(27-26-17)15-5-9-28(13-15)20(30)14-29-8-2-7-25-29/h1-4,7-8,11-12,15H,5-6,9-10,13-14H2,(H,26,27)/t15-/m1/s1. The number of carbonyl (C=O) groups is 1.